The summed E-state index contributed by atoms with van der Waals surface area (Å²) in [6, 6.07) is 5.81. The summed E-state index contributed by atoms with van der Waals surface area (Å²) in [7, 11) is 0. The second-order valence-corrected chi connectivity index (χ2v) is 7.69. The van der Waals surface area contributed by atoms with Crippen molar-refractivity contribution in [3.63, 3.8) is 0 Å². The molecule has 0 atom stereocenters. The van der Waals surface area contributed by atoms with Crippen molar-refractivity contribution in [1.82, 2.24) is 4.90 Å². The highest BCUT2D eigenvalue weighted by Gasteiger charge is 2.23. The Morgan fingerprint density at radius 1 is 1.39 bits per heavy atom. The number of hydrogen-bond acceptors (Lipinski definition) is 3. The first-order valence-corrected chi connectivity index (χ1v) is 7.73. The summed E-state index contributed by atoms with van der Waals surface area (Å²) in [5.41, 5.74) is 7.63. The molecule has 2 rings (SSSR count). The third-order valence-corrected chi connectivity index (χ3v) is 5.13. The second kappa shape index (κ2) is 5.72. The number of thioether (sulfide) groups is 1. The van der Waals surface area contributed by atoms with Crippen molar-refractivity contribution in [2.24, 2.45) is 0 Å². The van der Waals surface area contributed by atoms with Gasteiger partial charge in [0.25, 0.3) is 0 Å². The van der Waals surface area contributed by atoms with Crippen molar-refractivity contribution < 1.29 is 0 Å². The van der Waals surface area contributed by atoms with E-state index in [1.165, 1.54) is 17.7 Å². The number of hydrogen-bond donors (Lipinski definition) is 1. The van der Waals surface area contributed by atoms with Crippen molar-refractivity contribution in [2.45, 2.75) is 31.6 Å². The zero-order chi connectivity index (χ0) is 13.2. The largest absolute Gasteiger partial charge is 0.399 e. The lowest BCUT2D eigenvalue weighted by molar-refractivity contribution is 0.276. The van der Waals surface area contributed by atoms with E-state index in [1.54, 1.807) is 0 Å². The molecule has 100 valence electrons. The molecule has 4 heteroatoms. The van der Waals surface area contributed by atoms with Crippen LogP contribution in [-0.2, 0) is 6.54 Å². The fraction of sp³-hybridized carbons (Fsp3) is 0.571. The average Bonchev–Trinajstić information content (AvgIpc) is 2.44. The van der Waals surface area contributed by atoms with Gasteiger partial charge in [0.05, 0.1) is 0 Å². The minimum Gasteiger partial charge on any atom is -0.399 e. The number of nitrogens with zero attached hydrogens (tertiary/aromatic N) is 1. The van der Waals surface area contributed by atoms with Crippen molar-refractivity contribution in [1.29, 1.82) is 0 Å². The summed E-state index contributed by atoms with van der Waals surface area (Å²) >= 11 is 8.30. The summed E-state index contributed by atoms with van der Waals surface area (Å²) in [6.07, 6.45) is 1.23. The molecular weight excluding hydrogens is 264 g/mol. The summed E-state index contributed by atoms with van der Waals surface area (Å²) in [5, 5.41) is 0.783. The fourth-order valence-corrected chi connectivity index (χ4v) is 3.54. The minimum atomic E-state index is 0.402. The predicted octanol–water partition coefficient (Wildman–Crippen LogP) is 3.64. The van der Waals surface area contributed by atoms with E-state index in [4.69, 9.17) is 17.3 Å². The monoisotopic (exact) mass is 284 g/mol. The SMILES string of the molecule is CC1(C)CCN(Cc2ccc(N)cc2Cl)CCS1. The van der Waals surface area contributed by atoms with Crippen molar-refractivity contribution in [3.05, 3.63) is 28.8 Å². The number of nitrogens with two attached hydrogens (primary N) is 1. The highest BCUT2D eigenvalue weighted by Crippen LogP contribution is 2.31. The van der Waals surface area contributed by atoms with Crippen LogP contribution >= 0.6 is 23.4 Å². The van der Waals surface area contributed by atoms with Gasteiger partial charge in [-0.3, -0.25) is 4.90 Å². The van der Waals surface area contributed by atoms with Gasteiger partial charge in [0.1, 0.15) is 0 Å². The van der Waals surface area contributed by atoms with Crippen LogP contribution in [0.25, 0.3) is 0 Å². The standard InChI is InChI=1S/C14H21ClN2S/c1-14(2)5-6-17(7-8-18-14)10-11-3-4-12(16)9-13(11)15/h3-4,9H,5-8,10,16H2,1-2H3. The van der Waals surface area contributed by atoms with E-state index >= 15 is 0 Å². The topological polar surface area (TPSA) is 29.3 Å². The molecule has 0 radical (unpaired) electrons. The Morgan fingerprint density at radius 3 is 2.89 bits per heavy atom. The van der Waals surface area contributed by atoms with E-state index in [1.807, 2.05) is 18.2 Å². The smallest absolute Gasteiger partial charge is 0.0471 e. The molecule has 1 aromatic rings. The maximum absolute atomic E-state index is 6.23. The number of anilines is 1. The van der Waals surface area contributed by atoms with E-state index in [9.17, 15) is 0 Å². The van der Waals surface area contributed by atoms with Crippen LogP contribution < -0.4 is 5.73 Å². The van der Waals surface area contributed by atoms with Crippen LogP contribution in [0.5, 0.6) is 0 Å². The van der Waals surface area contributed by atoms with E-state index in [0.29, 0.717) is 4.75 Å². The summed E-state index contributed by atoms with van der Waals surface area (Å²) in [5.74, 6) is 1.19. The molecule has 0 unspecified atom stereocenters. The molecule has 0 bridgehead atoms. The molecule has 0 aliphatic carbocycles. The first kappa shape index (κ1) is 14.0. The first-order chi connectivity index (χ1) is 8.46. The zero-order valence-electron chi connectivity index (χ0n) is 11.1. The number of nitrogen functional groups attached to an aromatic ring is 1. The Morgan fingerprint density at radius 2 is 2.17 bits per heavy atom. The third kappa shape index (κ3) is 3.81. The summed E-state index contributed by atoms with van der Waals surface area (Å²) in [6.45, 7) is 7.86. The lowest BCUT2D eigenvalue weighted by Crippen LogP contribution is -2.26. The van der Waals surface area contributed by atoms with Crippen LogP contribution in [-0.4, -0.2) is 28.5 Å². The Kier molecular flexibility index (Phi) is 4.46. The van der Waals surface area contributed by atoms with Gasteiger partial charge in [0, 0.05) is 34.3 Å². The highest BCUT2D eigenvalue weighted by molar-refractivity contribution is 8.00. The highest BCUT2D eigenvalue weighted by atomic mass is 35.5. The summed E-state index contributed by atoms with van der Waals surface area (Å²) < 4.78 is 0.402. The molecule has 1 fully saturated rings. The van der Waals surface area contributed by atoms with Crippen LogP contribution in [0.15, 0.2) is 18.2 Å². The van der Waals surface area contributed by atoms with E-state index in [-0.39, 0.29) is 0 Å². The molecule has 0 spiro atoms. The lowest BCUT2D eigenvalue weighted by atomic mass is 10.1. The molecule has 1 aromatic carbocycles. The maximum atomic E-state index is 6.23. The average molecular weight is 285 g/mol. The Balaban J connectivity index is 2.01. The van der Waals surface area contributed by atoms with Gasteiger partial charge in [-0.2, -0.15) is 11.8 Å². The maximum Gasteiger partial charge on any atom is 0.0471 e. The molecule has 1 aliphatic heterocycles. The molecule has 0 amide bonds. The Labute approximate surface area is 119 Å². The minimum absolute atomic E-state index is 0.402. The quantitative estimate of drug-likeness (QED) is 0.841. The van der Waals surface area contributed by atoms with Gasteiger partial charge in [0.2, 0.25) is 0 Å². The van der Waals surface area contributed by atoms with Crippen molar-refractivity contribution in [3.8, 4) is 0 Å². The summed E-state index contributed by atoms with van der Waals surface area (Å²) in [4.78, 5) is 2.49. The van der Waals surface area contributed by atoms with Gasteiger partial charge < -0.3 is 5.73 Å². The van der Waals surface area contributed by atoms with Crippen LogP contribution in [0.4, 0.5) is 5.69 Å². The zero-order valence-corrected chi connectivity index (χ0v) is 12.7. The number of rotatable bonds is 2. The molecular formula is C14H21ClN2S. The van der Waals surface area contributed by atoms with Gasteiger partial charge >= 0.3 is 0 Å². The Bertz CT molecular complexity index is 420. The van der Waals surface area contributed by atoms with E-state index < -0.39 is 0 Å². The van der Waals surface area contributed by atoms with E-state index in [0.717, 1.165) is 30.3 Å². The molecule has 1 aliphatic rings. The second-order valence-electron chi connectivity index (χ2n) is 5.49. The van der Waals surface area contributed by atoms with Gasteiger partial charge in [0.15, 0.2) is 0 Å². The van der Waals surface area contributed by atoms with Gasteiger partial charge in [-0.1, -0.05) is 31.5 Å². The molecule has 1 saturated heterocycles. The molecule has 0 saturated carbocycles. The number of halogens is 1. The number of benzene rings is 1. The molecule has 0 aromatic heterocycles. The Hall–Kier alpha value is -0.380. The van der Waals surface area contributed by atoms with Gasteiger partial charge in [-0.25, -0.2) is 0 Å². The predicted molar refractivity (Wildman–Crippen MR) is 82.3 cm³/mol. The van der Waals surface area contributed by atoms with Crippen molar-refractivity contribution in [2.75, 3.05) is 24.6 Å². The van der Waals surface area contributed by atoms with Crippen LogP contribution in [0.2, 0.25) is 5.02 Å². The van der Waals surface area contributed by atoms with Gasteiger partial charge in [-0.15, -0.1) is 0 Å². The molecule has 18 heavy (non-hydrogen) atoms. The van der Waals surface area contributed by atoms with Crippen LogP contribution in [0.3, 0.4) is 0 Å². The molecule has 1 heterocycles. The third-order valence-electron chi connectivity index (χ3n) is 3.40. The normalized spacial score (nSPS) is 20.6. The fourth-order valence-electron chi connectivity index (χ4n) is 2.15. The molecule has 2 N–H and O–H groups in total. The van der Waals surface area contributed by atoms with E-state index in [2.05, 4.69) is 30.5 Å². The van der Waals surface area contributed by atoms with Gasteiger partial charge in [-0.05, 0) is 30.7 Å². The van der Waals surface area contributed by atoms with Crippen LogP contribution in [0, 0.1) is 0 Å². The van der Waals surface area contributed by atoms with Crippen LogP contribution in [0.1, 0.15) is 25.8 Å². The van der Waals surface area contributed by atoms with Crippen molar-refractivity contribution >= 4 is 29.1 Å². The lowest BCUT2D eigenvalue weighted by Gasteiger charge is -2.23. The first-order valence-electron chi connectivity index (χ1n) is 6.36. The molecule has 2 nitrogen and oxygen atoms in total.